The number of esters is 1. The Morgan fingerprint density at radius 3 is 1.90 bits per heavy atom. The van der Waals surface area contributed by atoms with Crippen LogP contribution in [-0.2, 0) is 0 Å². The Morgan fingerprint density at radius 2 is 1.39 bits per heavy atom. The molecule has 3 rings (SSSR count). The molecule has 3 aromatic rings. The number of rotatable bonds is 3. The summed E-state index contributed by atoms with van der Waals surface area (Å²) >= 11 is 0. The first kappa shape index (κ1) is 21.9. The maximum Gasteiger partial charge on any atom is 0.349 e. The Hall–Kier alpha value is -3.80. The van der Waals surface area contributed by atoms with Crippen molar-refractivity contribution >= 4 is 5.97 Å². The molecule has 3 nitrogen and oxygen atoms in total. The zero-order valence-electron chi connectivity index (χ0n) is 15.9. The first-order valence-corrected chi connectivity index (χ1v) is 8.61. The van der Waals surface area contributed by atoms with Crippen molar-refractivity contribution in [2.45, 2.75) is 13.8 Å². The van der Waals surface area contributed by atoms with Crippen LogP contribution in [0.15, 0.2) is 30.3 Å². The number of hydrogen-bond donors (Lipinski definition) is 0. The lowest BCUT2D eigenvalue weighted by Crippen LogP contribution is -2.15. The zero-order valence-corrected chi connectivity index (χ0v) is 15.9. The van der Waals surface area contributed by atoms with E-state index < -0.39 is 74.4 Å². The van der Waals surface area contributed by atoms with Crippen LogP contribution in [0.2, 0.25) is 0 Å². The number of benzene rings is 3. The molecule has 9 heteroatoms. The van der Waals surface area contributed by atoms with Gasteiger partial charge < -0.3 is 4.74 Å². The first-order chi connectivity index (χ1) is 14.5. The maximum absolute atomic E-state index is 14.5. The normalized spacial score (nSPS) is 10.7. The highest BCUT2D eigenvalue weighted by Gasteiger charge is 2.25. The topological polar surface area (TPSA) is 50.1 Å². The van der Waals surface area contributed by atoms with Gasteiger partial charge in [-0.2, -0.15) is 5.26 Å². The van der Waals surface area contributed by atoms with Crippen LogP contribution in [-0.4, -0.2) is 5.97 Å². The van der Waals surface area contributed by atoms with Crippen LogP contribution < -0.4 is 4.74 Å². The van der Waals surface area contributed by atoms with E-state index in [1.165, 1.54) is 13.0 Å². The third-order valence-corrected chi connectivity index (χ3v) is 4.45. The van der Waals surface area contributed by atoms with E-state index in [4.69, 9.17) is 10.00 Å². The second-order valence-electron chi connectivity index (χ2n) is 6.59. The number of carbonyl (C=O) groups excluding carboxylic acids is 1. The molecule has 3 aromatic carbocycles. The molecule has 0 aliphatic rings. The van der Waals surface area contributed by atoms with Gasteiger partial charge in [0.1, 0.15) is 52.0 Å². The van der Waals surface area contributed by atoms with Gasteiger partial charge in [0, 0.05) is 11.6 Å². The number of nitrogens with zero attached hydrogens (tertiary/aromatic N) is 1. The highest BCUT2D eigenvalue weighted by molar-refractivity contribution is 5.92. The lowest BCUT2D eigenvalue weighted by molar-refractivity contribution is 0.0722. The lowest BCUT2D eigenvalue weighted by atomic mass is 10.0. The minimum absolute atomic E-state index is 0.247. The number of ether oxygens (including phenoxy) is 1. The van der Waals surface area contributed by atoms with Gasteiger partial charge in [0.05, 0.1) is 5.56 Å². The van der Waals surface area contributed by atoms with Crippen LogP contribution in [0.5, 0.6) is 5.75 Å². The van der Waals surface area contributed by atoms with Crippen LogP contribution in [0.1, 0.15) is 27.0 Å². The molecule has 0 bridgehead atoms. The smallest absolute Gasteiger partial charge is 0.349 e. The molecular weight excluding hydrogens is 424 g/mol. The van der Waals surface area contributed by atoms with Gasteiger partial charge in [0.15, 0.2) is 5.82 Å². The summed E-state index contributed by atoms with van der Waals surface area (Å²) in [7, 11) is 0. The van der Waals surface area contributed by atoms with Gasteiger partial charge in [0.25, 0.3) is 0 Å². The van der Waals surface area contributed by atoms with Crippen LogP contribution in [0.25, 0.3) is 11.1 Å². The third kappa shape index (κ3) is 3.97. The predicted octanol–water partition coefficient (Wildman–Crippen LogP) is 5.90. The standard InChI is InChI=1S/C22H11F6NO2/c1-9-3-14(24)19(15(25)4-9)11-5-16(26)20(17(27)6-11)22(30)31-18-7-13(23)12(8-29)21(28)10(18)2/h3-7H,1-2H3. The van der Waals surface area contributed by atoms with Crippen molar-refractivity contribution in [1.29, 1.82) is 5.26 Å². The van der Waals surface area contributed by atoms with Crippen molar-refractivity contribution in [2.24, 2.45) is 0 Å². The highest BCUT2D eigenvalue weighted by atomic mass is 19.2. The molecule has 0 radical (unpaired) electrons. The van der Waals surface area contributed by atoms with Crippen molar-refractivity contribution in [3.8, 4) is 22.9 Å². The Bertz CT molecular complexity index is 1230. The molecule has 0 aliphatic carbocycles. The monoisotopic (exact) mass is 435 g/mol. The van der Waals surface area contributed by atoms with Gasteiger partial charge in [-0.1, -0.05) is 0 Å². The second-order valence-corrected chi connectivity index (χ2v) is 6.59. The highest BCUT2D eigenvalue weighted by Crippen LogP contribution is 2.31. The third-order valence-electron chi connectivity index (χ3n) is 4.45. The minimum Gasteiger partial charge on any atom is -0.422 e. The van der Waals surface area contributed by atoms with Crippen LogP contribution in [0.3, 0.4) is 0 Å². The minimum atomic E-state index is -1.64. The van der Waals surface area contributed by atoms with E-state index in [1.807, 2.05) is 0 Å². The summed E-state index contributed by atoms with van der Waals surface area (Å²) in [6.07, 6.45) is 0. The average Bonchev–Trinajstić information content (AvgIpc) is 2.65. The molecule has 0 fully saturated rings. The van der Waals surface area contributed by atoms with Gasteiger partial charge in [-0.05, 0) is 49.2 Å². The van der Waals surface area contributed by atoms with Crippen LogP contribution >= 0.6 is 0 Å². The molecule has 0 heterocycles. The van der Waals surface area contributed by atoms with Gasteiger partial charge in [-0.25, -0.2) is 31.1 Å². The van der Waals surface area contributed by atoms with Crippen molar-refractivity contribution in [3.05, 3.63) is 87.5 Å². The van der Waals surface area contributed by atoms with E-state index in [0.29, 0.717) is 18.2 Å². The average molecular weight is 435 g/mol. The molecule has 0 unspecified atom stereocenters. The van der Waals surface area contributed by atoms with Crippen molar-refractivity contribution in [1.82, 2.24) is 0 Å². The Kier molecular flexibility index (Phi) is 5.75. The van der Waals surface area contributed by atoms with Gasteiger partial charge >= 0.3 is 5.97 Å². The zero-order chi connectivity index (χ0) is 23.0. The summed E-state index contributed by atoms with van der Waals surface area (Å²) in [5.74, 6) is -10.1. The number of aryl methyl sites for hydroxylation is 1. The summed E-state index contributed by atoms with van der Waals surface area (Å²) in [5, 5.41) is 8.73. The largest absolute Gasteiger partial charge is 0.422 e. The first-order valence-electron chi connectivity index (χ1n) is 8.61. The van der Waals surface area contributed by atoms with Gasteiger partial charge in [0.2, 0.25) is 0 Å². The van der Waals surface area contributed by atoms with E-state index in [1.54, 1.807) is 0 Å². The van der Waals surface area contributed by atoms with Crippen molar-refractivity contribution < 1.29 is 35.9 Å². The van der Waals surface area contributed by atoms with Gasteiger partial charge in [-0.3, -0.25) is 0 Å². The fourth-order valence-electron chi connectivity index (χ4n) is 2.94. The maximum atomic E-state index is 14.5. The summed E-state index contributed by atoms with van der Waals surface area (Å²) in [4.78, 5) is 12.3. The van der Waals surface area contributed by atoms with Crippen molar-refractivity contribution in [3.63, 3.8) is 0 Å². The molecule has 0 spiro atoms. The quantitative estimate of drug-likeness (QED) is 0.293. The Morgan fingerprint density at radius 1 is 0.839 bits per heavy atom. The Labute approximate surface area is 172 Å². The Balaban J connectivity index is 2.02. The van der Waals surface area contributed by atoms with E-state index in [-0.39, 0.29) is 5.56 Å². The molecule has 0 saturated carbocycles. The fourth-order valence-corrected chi connectivity index (χ4v) is 2.94. The van der Waals surface area contributed by atoms with E-state index in [0.717, 1.165) is 19.1 Å². The molecular formula is C22H11F6NO2. The molecule has 0 aliphatic heterocycles. The summed E-state index contributed by atoms with van der Waals surface area (Å²) < 4.78 is 89.7. The molecule has 0 amide bonds. The van der Waals surface area contributed by atoms with Crippen molar-refractivity contribution in [2.75, 3.05) is 0 Å². The van der Waals surface area contributed by atoms with Gasteiger partial charge in [-0.15, -0.1) is 0 Å². The summed E-state index contributed by atoms with van der Waals surface area (Å²) in [5.41, 5.74) is -3.55. The molecule has 0 N–H and O–H groups in total. The molecule has 158 valence electrons. The van der Waals surface area contributed by atoms with Crippen LogP contribution in [0.4, 0.5) is 26.3 Å². The number of nitriles is 1. The molecule has 0 aromatic heterocycles. The number of carbonyl (C=O) groups is 1. The second kappa shape index (κ2) is 8.14. The van der Waals surface area contributed by atoms with Crippen LogP contribution in [0, 0.1) is 60.1 Å². The summed E-state index contributed by atoms with van der Waals surface area (Å²) in [6.45, 7) is 2.49. The lowest BCUT2D eigenvalue weighted by Gasteiger charge is -2.12. The SMILES string of the molecule is Cc1cc(F)c(-c2cc(F)c(C(=O)Oc3cc(F)c(C#N)c(F)c3C)c(F)c2)c(F)c1. The van der Waals surface area contributed by atoms with E-state index in [9.17, 15) is 31.1 Å². The molecule has 0 atom stereocenters. The molecule has 31 heavy (non-hydrogen) atoms. The van der Waals surface area contributed by atoms with E-state index >= 15 is 0 Å². The molecule has 0 saturated heterocycles. The predicted molar refractivity (Wildman–Crippen MR) is 97.2 cm³/mol. The summed E-state index contributed by atoms with van der Waals surface area (Å²) in [6, 6.07) is 4.81. The number of halogens is 6. The fraction of sp³-hybridized carbons (Fsp3) is 0.0909. The number of hydrogen-bond acceptors (Lipinski definition) is 3. The van der Waals surface area contributed by atoms with E-state index in [2.05, 4.69) is 0 Å².